The van der Waals surface area contributed by atoms with Gasteiger partial charge < -0.3 is 10.6 Å². The second kappa shape index (κ2) is 4.76. The van der Waals surface area contributed by atoms with Gasteiger partial charge >= 0.3 is 0 Å². The van der Waals surface area contributed by atoms with Gasteiger partial charge in [0.05, 0.1) is 0 Å². The fourth-order valence-corrected chi connectivity index (χ4v) is 2.29. The zero-order chi connectivity index (χ0) is 13.3. The van der Waals surface area contributed by atoms with E-state index in [1.807, 2.05) is 18.7 Å². The molecule has 100 valence electrons. The van der Waals surface area contributed by atoms with Crippen LogP contribution in [0.3, 0.4) is 0 Å². The lowest BCUT2D eigenvalue weighted by Crippen LogP contribution is -2.53. The molecule has 0 radical (unpaired) electrons. The number of alkyl halides is 2. The number of nitrogens with two attached hydrogens (primary N) is 1. The molecule has 1 aliphatic heterocycles. The Kier molecular flexibility index (Phi) is 3.47. The summed E-state index contributed by atoms with van der Waals surface area (Å²) >= 11 is 0. The van der Waals surface area contributed by atoms with Crippen LogP contribution in [0.5, 0.6) is 0 Å². The first-order valence-corrected chi connectivity index (χ1v) is 6.01. The SMILES string of the molecule is CC1(C)CN(c2nccnc2C(F)F)CCC1N. The predicted octanol–water partition coefficient (Wildman–Crippen LogP) is 1.98. The monoisotopic (exact) mass is 256 g/mol. The third-order valence-electron chi connectivity index (χ3n) is 3.52. The van der Waals surface area contributed by atoms with E-state index in [0.717, 1.165) is 6.42 Å². The van der Waals surface area contributed by atoms with E-state index in [4.69, 9.17) is 5.73 Å². The molecule has 18 heavy (non-hydrogen) atoms. The Hall–Kier alpha value is -1.30. The summed E-state index contributed by atoms with van der Waals surface area (Å²) < 4.78 is 25.8. The van der Waals surface area contributed by atoms with E-state index in [1.54, 1.807) is 0 Å². The van der Waals surface area contributed by atoms with Crippen LogP contribution in [0.4, 0.5) is 14.6 Å². The molecule has 2 rings (SSSR count). The summed E-state index contributed by atoms with van der Waals surface area (Å²) in [4.78, 5) is 9.65. The predicted molar refractivity (Wildman–Crippen MR) is 65.6 cm³/mol. The first kappa shape index (κ1) is 13.1. The van der Waals surface area contributed by atoms with Crippen LogP contribution in [0.2, 0.25) is 0 Å². The van der Waals surface area contributed by atoms with Crippen LogP contribution in [-0.4, -0.2) is 29.1 Å². The van der Waals surface area contributed by atoms with Crippen LogP contribution in [0, 0.1) is 5.41 Å². The molecule has 2 N–H and O–H groups in total. The van der Waals surface area contributed by atoms with Gasteiger partial charge in [-0.25, -0.2) is 18.7 Å². The molecule has 1 aromatic rings. The largest absolute Gasteiger partial charge is 0.354 e. The van der Waals surface area contributed by atoms with Crippen molar-refractivity contribution in [2.75, 3.05) is 18.0 Å². The van der Waals surface area contributed by atoms with Crippen molar-refractivity contribution in [3.8, 4) is 0 Å². The van der Waals surface area contributed by atoms with Crippen molar-refractivity contribution < 1.29 is 8.78 Å². The highest BCUT2D eigenvalue weighted by molar-refractivity contribution is 5.44. The number of aromatic nitrogens is 2. The maximum absolute atomic E-state index is 12.9. The third kappa shape index (κ3) is 2.43. The average molecular weight is 256 g/mol. The number of halogens is 2. The molecule has 4 nitrogen and oxygen atoms in total. The first-order chi connectivity index (χ1) is 8.42. The lowest BCUT2D eigenvalue weighted by atomic mass is 9.79. The van der Waals surface area contributed by atoms with E-state index in [0.29, 0.717) is 13.1 Å². The van der Waals surface area contributed by atoms with Gasteiger partial charge in [0.25, 0.3) is 6.43 Å². The minimum absolute atomic E-state index is 0.0837. The van der Waals surface area contributed by atoms with Crippen LogP contribution in [0.1, 0.15) is 32.4 Å². The van der Waals surface area contributed by atoms with Gasteiger partial charge in [-0.3, -0.25) is 0 Å². The molecule has 1 aromatic heterocycles. The van der Waals surface area contributed by atoms with Crippen LogP contribution < -0.4 is 10.6 Å². The van der Waals surface area contributed by atoms with Gasteiger partial charge in [-0.2, -0.15) is 0 Å². The molecule has 2 heterocycles. The molecule has 6 heteroatoms. The van der Waals surface area contributed by atoms with E-state index in [2.05, 4.69) is 9.97 Å². The Morgan fingerprint density at radius 2 is 2.06 bits per heavy atom. The van der Waals surface area contributed by atoms with Crippen LogP contribution in [0.15, 0.2) is 12.4 Å². The molecule has 0 amide bonds. The average Bonchev–Trinajstić information content (AvgIpc) is 2.32. The van der Waals surface area contributed by atoms with Crippen LogP contribution in [-0.2, 0) is 0 Å². The maximum atomic E-state index is 12.9. The van der Waals surface area contributed by atoms with Crippen molar-refractivity contribution in [1.82, 2.24) is 9.97 Å². The molecule has 1 saturated heterocycles. The molecule has 1 atom stereocenters. The Balaban J connectivity index is 2.27. The van der Waals surface area contributed by atoms with Crippen molar-refractivity contribution in [2.24, 2.45) is 11.1 Å². The Labute approximate surface area is 105 Å². The number of anilines is 1. The Morgan fingerprint density at radius 3 is 2.67 bits per heavy atom. The highest BCUT2D eigenvalue weighted by Gasteiger charge is 2.35. The van der Waals surface area contributed by atoms with Crippen molar-refractivity contribution in [1.29, 1.82) is 0 Å². The number of hydrogen-bond donors (Lipinski definition) is 1. The van der Waals surface area contributed by atoms with Crippen molar-refractivity contribution >= 4 is 5.82 Å². The summed E-state index contributed by atoms with van der Waals surface area (Å²) in [6, 6.07) is 0.0837. The van der Waals surface area contributed by atoms with Gasteiger partial charge in [-0.1, -0.05) is 13.8 Å². The first-order valence-electron chi connectivity index (χ1n) is 6.01. The summed E-state index contributed by atoms with van der Waals surface area (Å²) in [5.74, 6) is 0.285. The van der Waals surface area contributed by atoms with E-state index in [9.17, 15) is 8.78 Å². The zero-order valence-corrected chi connectivity index (χ0v) is 10.6. The van der Waals surface area contributed by atoms with E-state index in [-0.39, 0.29) is 23.0 Å². The second-order valence-corrected chi connectivity index (χ2v) is 5.37. The molecule has 1 fully saturated rings. The zero-order valence-electron chi connectivity index (χ0n) is 10.6. The Bertz CT molecular complexity index is 422. The van der Waals surface area contributed by atoms with Gasteiger partial charge in [0, 0.05) is 31.5 Å². The number of rotatable bonds is 2. The van der Waals surface area contributed by atoms with Gasteiger partial charge in [0.15, 0.2) is 5.82 Å². The molecule has 0 saturated carbocycles. The Morgan fingerprint density at radius 1 is 1.39 bits per heavy atom. The van der Waals surface area contributed by atoms with Gasteiger partial charge in [0.1, 0.15) is 5.69 Å². The second-order valence-electron chi connectivity index (χ2n) is 5.37. The fraction of sp³-hybridized carbons (Fsp3) is 0.667. The van der Waals surface area contributed by atoms with Gasteiger partial charge in [-0.05, 0) is 11.8 Å². The molecular weight excluding hydrogens is 238 g/mol. The molecule has 0 aliphatic carbocycles. The summed E-state index contributed by atoms with van der Waals surface area (Å²) in [5.41, 5.74) is 5.68. The smallest absolute Gasteiger partial charge is 0.284 e. The van der Waals surface area contributed by atoms with Gasteiger partial charge in [-0.15, -0.1) is 0 Å². The quantitative estimate of drug-likeness (QED) is 0.879. The number of nitrogens with zero attached hydrogens (tertiary/aromatic N) is 3. The molecule has 1 aliphatic rings. The molecule has 0 aromatic carbocycles. The molecule has 1 unspecified atom stereocenters. The number of hydrogen-bond acceptors (Lipinski definition) is 4. The highest BCUT2D eigenvalue weighted by Crippen LogP contribution is 2.33. The summed E-state index contributed by atoms with van der Waals surface area (Å²) in [7, 11) is 0. The topological polar surface area (TPSA) is 55.0 Å². The summed E-state index contributed by atoms with van der Waals surface area (Å²) in [6.45, 7) is 5.35. The lowest BCUT2D eigenvalue weighted by molar-refractivity contribution is 0.145. The minimum Gasteiger partial charge on any atom is -0.354 e. The standard InChI is InChI=1S/C12H18F2N4/c1-12(2)7-18(6-3-8(12)15)11-9(10(13)14)16-4-5-17-11/h4-5,8,10H,3,6-7,15H2,1-2H3. The van der Waals surface area contributed by atoms with Gasteiger partial charge in [0.2, 0.25) is 0 Å². The molecular formula is C12H18F2N4. The summed E-state index contributed by atoms with van der Waals surface area (Å²) in [6.07, 6.45) is 0.910. The fourth-order valence-electron chi connectivity index (χ4n) is 2.29. The van der Waals surface area contributed by atoms with Crippen molar-refractivity contribution in [3.63, 3.8) is 0 Å². The van der Waals surface area contributed by atoms with Crippen molar-refractivity contribution in [2.45, 2.75) is 32.7 Å². The van der Waals surface area contributed by atoms with E-state index >= 15 is 0 Å². The summed E-state index contributed by atoms with van der Waals surface area (Å²) in [5, 5.41) is 0. The van der Waals surface area contributed by atoms with E-state index < -0.39 is 6.43 Å². The normalized spacial score (nSPS) is 23.4. The van der Waals surface area contributed by atoms with E-state index in [1.165, 1.54) is 12.4 Å². The lowest BCUT2D eigenvalue weighted by Gasteiger charge is -2.43. The highest BCUT2D eigenvalue weighted by atomic mass is 19.3. The van der Waals surface area contributed by atoms with Crippen molar-refractivity contribution in [3.05, 3.63) is 18.1 Å². The third-order valence-corrected chi connectivity index (χ3v) is 3.52. The van der Waals surface area contributed by atoms with Crippen LogP contribution >= 0.6 is 0 Å². The van der Waals surface area contributed by atoms with Crippen LogP contribution in [0.25, 0.3) is 0 Å². The minimum atomic E-state index is -2.60. The maximum Gasteiger partial charge on any atom is 0.284 e. The number of piperidine rings is 1. The molecule has 0 spiro atoms. The molecule has 0 bridgehead atoms.